The molecule has 0 radical (unpaired) electrons. The second-order valence-electron chi connectivity index (χ2n) is 10.8. The van der Waals surface area contributed by atoms with E-state index < -0.39 is 35.6 Å². The smallest absolute Gasteiger partial charge is 0.416 e. The van der Waals surface area contributed by atoms with Gasteiger partial charge in [0.25, 0.3) is 5.91 Å². The third-order valence-electron chi connectivity index (χ3n) is 8.12. The van der Waals surface area contributed by atoms with Crippen molar-refractivity contribution in [3.8, 4) is 6.01 Å². The van der Waals surface area contributed by atoms with Crippen molar-refractivity contribution in [3.05, 3.63) is 70.5 Å². The molecule has 3 aliphatic heterocycles. The minimum Gasteiger partial charge on any atom is -0.462 e. The Balaban J connectivity index is 1.47. The average molecular weight is 589 g/mol. The number of likely N-dealkylation sites (N-methyl/N-ethyl adjacent to an activating group) is 1. The van der Waals surface area contributed by atoms with Crippen molar-refractivity contribution in [1.82, 2.24) is 19.8 Å². The van der Waals surface area contributed by atoms with Crippen molar-refractivity contribution in [2.75, 3.05) is 51.3 Å². The fourth-order valence-electron chi connectivity index (χ4n) is 5.89. The molecule has 0 aliphatic carbocycles. The standard InChI is InChI=1S/C29H32F4N6O3/c1-18(30)27(40)39-12-11-38(15-20(39)14-34-2)26-22-17-41-25(21-8-4-5-9-23(21)29(31,32)33)13-24(22)35-28(36-26)42-16-19-7-6-10-37(19)3/h4-5,8-9,19-20,25H,1,6-7,10-17H2,3H3/t19-,20-,25?/m0/s1. The molecule has 1 amide bonds. The number of likely N-dealkylation sites (tertiary alicyclic amines) is 1. The van der Waals surface area contributed by atoms with Crippen molar-refractivity contribution in [1.29, 1.82) is 0 Å². The lowest BCUT2D eigenvalue weighted by Gasteiger charge is -2.40. The van der Waals surface area contributed by atoms with Crippen molar-refractivity contribution in [2.45, 2.75) is 50.2 Å². The van der Waals surface area contributed by atoms with Gasteiger partial charge in [0.2, 0.25) is 6.54 Å². The van der Waals surface area contributed by atoms with Crippen LogP contribution in [0, 0.1) is 6.57 Å². The number of carbonyl (C=O) groups is 1. The Bertz CT molecular complexity index is 1380. The van der Waals surface area contributed by atoms with Gasteiger partial charge in [0.15, 0.2) is 5.83 Å². The zero-order chi connectivity index (χ0) is 30.0. The van der Waals surface area contributed by atoms with Crippen molar-refractivity contribution < 1.29 is 31.8 Å². The van der Waals surface area contributed by atoms with Gasteiger partial charge in [-0.3, -0.25) is 4.79 Å². The van der Waals surface area contributed by atoms with Gasteiger partial charge in [0, 0.05) is 37.7 Å². The summed E-state index contributed by atoms with van der Waals surface area (Å²) in [6.07, 6.45) is -3.34. The summed E-state index contributed by atoms with van der Waals surface area (Å²) >= 11 is 0. The fourth-order valence-corrected chi connectivity index (χ4v) is 5.89. The molecule has 224 valence electrons. The topological polar surface area (TPSA) is 75.4 Å². The van der Waals surface area contributed by atoms with Gasteiger partial charge in [-0.1, -0.05) is 24.8 Å². The molecule has 2 aromatic rings. The maximum atomic E-state index is 13.8. The second kappa shape index (κ2) is 12.2. The van der Waals surface area contributed by atoms with Crippen LogP contribution in [-0.4, -0.2) is 84.1 Å². The van der Waals surface area contributed by atoms with E-state index in [0.29, 0.717) is 23.7 Å². The molecule has 13 heteroatoms. The lowest BCUT2D eigenvalue weighted by atomic mass is 9.95. The number of nitrogens with zero attached hydrogens (tertiary/aromatic N) is 6. The van der Waals surface area contributed by atoms with E-state index in [4.69, 9.17) is 21.0 Å². The number of hydrogen-bond acceptors (Lipinski definition) is 7. The number of anilines is 1. The first-order valence-electron chi connectivity index (χ1n) is 13.8. The minimum absolute atomic E-state index is 0.0292. The molecule has 1 aromatic heterocycles. The molecule has 42 heavy (non-hydrogen) atoms. The SMILES string of the molecule is [C-]#[N+]C[C@H]1CN(c2nc(OC[C@@H]3CCCN3C)nc3c2COC(c2ccccc2C(F)(F)F)C3)CCN1C(=O)C(=C)F. The van der Waals surface area contributed by atoms with Gasteiger partial charge in [0.1, 0.15) is 18.5 Å². The number of benzene rings is 1. The number of halogens is 4. The molecule has 3 aliphatic rings. The minimum atomic E-state index is -4.54. The Labute approximate surface area is 241 Å². The largest absolute Gasteiger partial charge is 0.462 e. The average Bonchev–Trinajstić information content (AvgIpc) is 3.39. The number of fused-ring (bicyclic) bond motifs is 1. The number of alkyl halides is 3. The van der Waals surface area contributed by atoms with Crippen LogP contribution in [0.1, 0.15) is 41.3 Å². The Kier molecular flexibility index (Phi) is 8.65. The normalized spacial score (nSPS) is 22.9. The van der Waals surface area contributed by atoms with Crippen LogP contribution in [0.4, 0.5) is 23.4 Å². The Morgan fingerprint density at radius 2 is 2.00 bits per heavy atom. The molecule has 0 saturated carbocycles. The number of piperazine rings is 1. The molecule has 9 nitrogen and oxygen atoms in total. The van der Waals surface area contributed by atoms with Crippen LogP contribution >= 0.6 is 0 Å². The Morgan fingerprint density at radius 1 is 1.21 bits per heavy atom. The molecule has 0 N–H and O–H groups in total. The fraction of sp³-hybridized carbons (Fsp3) is 0.517. The van der Waals surface area contributed by atoms with E-state index in [-0.39, 0.29) is 56.8 Å². The lowest BCUT2D eigenvalue weighted by Crippen LogP contribution is -2.57. The van der Waals surface area contributed by atoms with Gasteiger partial charge in [-0.15, -0.1) is 0 Å². The summed E-state index contributed by atoms with van der Waals surface area (Å²) in [5.41, 5.74) is 0.393. The summed E-state index contributed by atoms with van der Waals surface area (Å²) in [5.74, 6) is -1.48. The van der Waals surface area contributed by atoms with E-state index >= 15 is 0 Å². The highest BCUT2D eigenvalue weighted by molar-refractivity contribution is 5.91. The molecule has 2 saturated heterocycles. The van der Waals surface area contributed by atoms with E-state index in [1.165, 1.54) is 17.0 Å². The highest BCUT2D eigenvalue weighted by Crippen LogP contribution is 2.40. The molecular formula is C29H32F4N6O3. The van der Waals surface area contributed by atoms with E-state index in [0.717, 1.165) is 25.5 Å². The van der Waals surface area contributed by atoms with Crippen LogP contribution in [0.25, 0.3) is 4.85 Å². The Hall–Kier alpha value is -3.76. The molecule has 2 fully saturated rings. The van der Waals surface area contributed by atoms with Gasteiger partial charge in [0.05, 0.1) is 24.0 Å². The first-order chi connectivity index (χ1) is 20.1. The number of ether oxygens (including phenoxy) is 2. The van der Waals surface area contributed by atoms with Crippen molar-refractivity contribution >= 4 is 11.7 Å². The lowest BCUT2D eigenvalue weighted by molar-refractivity contribution is -0.139. The van der Waals surface area contributed by atoms with Gasteiger partial charge >= 0.3 is 12.2 Å². The summed E-state index contributed by atoms with van der Waals surface area (Å²) in [5, 5.41) is 0. The second-order valence-corrected chi connectivity index (χ2v) is 10.8. The van der Waals surface area contributed by atoms with Crippen LogP contribution in [0.2, 0.25) is 0 Å². The zero-order valence-electron chi connectivity index (χ0n) is 23.2. The van der Waals surface area contributed by atoms with Gasteiger partial charge in [-0.2, -0.15) is 23.1 Å². The highest BCUT2D eigenvalue weighted by Gasteiger charge is 2.39. The highest BCUT2D eigenvalue weighted by atomic mass is 19.4. The van der Waals surface area contributed by atoms with Gasteiger partial charge in [-0.05, 0) is 38.1 Å². The maximum absolute atomic E-state index is 13.8. The number of hydrogen-bond donors (Lipinski definition) is 0. The van der Waals surface area contributed by atoms with E-state index in [1.54, 1.807) is 6.07 Å². The van der Waals surface area contributed by atoms with Crippen molar-refractivity contribution in [2.24, 2.45) is 0 Å². The third kappa shape index (κ3) is 6.19. The molecular weight excluding hydrogens is 556 g/mol. The number of amides is 1. The van der Waals surface area contributed by atoms with Crippen LogP contribution in [0.5, 0.6) is 6.01 Å². The van der Waals surface area contributed by atoms with E-state index in [1.807, 2.05) is 11.9 Å². The molecule has 0 spiro atoms. The van der Waals surface area contributed by atoms with Crippen LogP contribution in [-0.2, 0) is 28.7 Å². The number of aromatic nitrogens is 2. The molecule has 1 aromatic carbocycles. The third-order valence-corrected chi connectivity index (χ3v) is 8.12. The monoisotopic (exact) mass is 588 g/mol. The van der Waals surface area contributed by atoms with Crippen LogP contribution < -0.4 is 9.64 Å². The van der Waals surface area contributed by atoms with Crippen LogP contribution in [0.3, 0.4) is 0 Å². The van der Waals surface area contributed by atoms with Crippen molar-refractivity contribution in [3.63, 3.8) is 0 Å². The van der Waals surface area contributed by atoms with Crippen LogP contribution in [0.15, 0.2) is 36.7 Å². The molecule has 4 heterocycles. The molecule has 3 atom stereocenters. The van der Waals surface area contributed by atoms with E-state index in [9.17, 15) is 22.4 Å². The first kappa shape index (κ1) is 29.7. The summed E-state index contributed by atoms with van der Waals surface area (Å²) in [7, 11) is 2.02. The predicted molar refractivity (Wildman–Crippen MR) is 145 cm³/mol. The quantitative estimate of drug-likeness (QED) is 0.273. The maximum Gasteiger partial charge on any atom is 0.416 e. The van der Waals surface area contributed by atoms with Gasteiger partial charge < -0.3 is 29.0 Å². The molecule has 5 rings (SSSR count). The molecule has 0 bridgehead atoms. The predicted octanol–water partition coefficient (Wildman–Crippen LogP) is 4.20. The number of rotatable bonds is 7. The molecule has 1 unspecified atom stereocenters. The summed E-state index contributed by atoms with van der Waals surface area (Å²) in [4.78, 5) is 30.5. The summed E-state index contributed by atoms with van der Waals surface area (Å²) in [6, 6.07) is 5.02. The number of carbonyl (C=O) groups excluding carboxylic acids is 1. The summed E-state index contributed by atoms with van der Waals surface area (Å²) < 4.78 is 67.1. The zero-order valence-corrected chi connectivity index (χ0v) is 23.2. The Morgan fingerprint density at radius 3 is 2.69 bits per heavy atom. The summed E-state index contributed by atoms with van der Waals surface area (Å²) in [6.45, 7) is 12.3. The van der Waals surface area contributed by atoms with E-state index in [2.05, 4.69) is 21.3 Å². The first-order valence-corrected chi connectivity index (χ1v) is 13.8. The van der Waals surface area contributed by atoms with Gasteiger partial charge in [-0.25, -0.2) is 11.0 Å².